The van der Waals surface area contributed by atoms with Gasteiger partial charge in [-0.05, 0) is 49.5 Å². The molecule has 1 atom stereocenters. The lowest BCUT2D eigenvalue weighted by Crippen LogP contribution is -2.25. The van der Waals surface area contributed by atoms with Crippen LogP contribution in [0.2, 0.25) is 0 Å². The molecule has 92 valence electrons. The molecule has 1 saturated carbocycles. The molecule has 1 aliphatic carbocycles. The molecule has 2 nitrogen and oxygen atoms in total. The number of hydrogen-bond acceptors (Lipinski definition) is 2. The third-order valence-corrected chi connectivity index (χ3v) is 3.53. The molecule has 16 heavy (non-hydrogen) atoms. The second-order valence-corrected chi connectivity index (χ2v) is 5.73. The first-order chi connectivity index (χ1) is 7.44. The maximum Gasteiger partial charge on any atom is 0.129 e. The number of ketones is 1. The van der Waals surface area contributed by atoms with Crippen molar-refractivity contribution in [3.05, 3.63) is 11.8 Å². The molecule has 0 aromatic rings. The van der Waals surface area contributed by atoms with E-state index in [1.807, 2.05) is 6.26 Å². The fourth-order valence-corrected chi connectivity index (χ4v) is 2.56. The Labute approximate surface area is 99.1 Å². The summed E-state index contributed by atoms with van der Waals surface area (Å²) in [7, 11) is 1.70. The number of carbonyl (C=O) groups is 1. The topological polar surface area (TPSA) is 26.3 Å². The van der Waals surface area contributed by atoms with Crippen molar-refractivity contribution in [2.24, 2.45) is 11.3 Å². The quantitative estimate of drug-likeness (QED) is 0.680. The zero-order chi connectivity index (χ0) is 12.2. The van der Waals surface area contributed by atoms with E-state index in [2.05, 4.69) is 13.8 Å². The molecule has 2 heteroatoms. The summed E-state index contributed by atoms with van der Waals surface area (Å²) in [5.74, 6) is 0.827. The minimum Gasteiger partial charge on any atom is -0.504 e. The first kappa shape index (κ1) is 13.3. The first-order valence-electron chi connectivity index (χ1n) is 6.16. The highest BCUT2D eigenvalue weighted by Crippen LogP contribution is 2.43. The summed E-state index contributed by atoms with van der Waals surface area (Å²) in [4.78, 5) is 11.1. The monoisotopic (exact) mass is 224 g/mol. The molecule has 0 aliphatic heterocycles. The van der Waals surface area contributed by atoms with Gasteiger partial charge in [0.25, 0.3) is 0 Å². The molecule has 1 aliphatic rings. The van der Waals surface area contributed by atoms with Crippen LogP contribution in [-0.4, -0.2) is 12.9 Å². The van der Waals surface area contributed by atoms with Crippen molar-refractivity contribution in [2.45, 2.75) is 52.9 Å². The smallest absolute Gasteiger partial charge is 0.129 e. The Hall–Kier alpha value is -0.790. The van der Waals surface area contributed by atoms with E-state index in [9.17, 15) is 4.79 Å². The largest absolute Gasteiger partial charge is 0.504 e. The van der Waals surface area contributed by atoms with E-state index in [4.69, 9.17) is 4.74 Å². The molecule has 0 unspecified atom stereocenters. The highest BCUT2D eigenvalue weighted by atomic mass is 16.5. The van der Waals surface area contributed by atoms with Gasteiger partial charge in [0.05, 0.1) is 13.4 Å². The summed E-state index contributed by atoms with van der Waals surface area (Å²) in [5, 5.41) is 0. The summed E-state index contributed by atoms with van der Waals surface area (Å²) < 4.78 is 5.14. The zero-order valence-electron chi connectivity index (χ0n) is 11.0. The average molecular weight is 224 g/mol. The van der Waals surface area contributed by atoms with Gasteiger partial charge in [0.2, 0.25) is 0 Å². The van der Waals surface area contributed by atoms with Crippen LogP contribution in [0.3, 0.4) is 0 Å². The van der Waals surface area contributed by atoms with Crippen LogP contribution in [0.5, 0.6) is 0 Å². The number of hydrogen-bond donors (Lipinski definition) is 0. The molecule has 0 spiro atoms. The van der Waals surface area contributed by atoms with Crippen molar-refractivity contribution in [3.8, 4) is 0 Å². The Kier molecular flexibility index (Phi) is 4.57. The highest BCUT2D eigenvalue weighted by molar-refractivity contribution is 5.75. The lowest BCUT2D eigenvalue weighted by molar-refractivity contribution is -0.117. The number of Topliss-reactive ketones (excluding diaryl/α,β-unsaturated/α-hetero) is 1. The number of carbonyl (C=O) groups excluding carboxylic acids is 1. The van der Waals surface area contributed by atoms with Crippen LogP contribution in [0.1, 0.15) is 52.9 Å². The predicted octanol–water partition coefficient (Wildman–Crippen LogP) is 3.71. The van der Waals surface area contributed by atoms with E-state index in [1.165, 1.54) is 18.4 Å². The molecule has 0 amide bonds. The van der Waals surface area contributed by atoms with Gasteiger partial charge in [0.15, 0.2) is 0 Å². The molecular formula is C14H24O2. The van der Waals surface area contributed by atoms with Crippen LogP contribution >= 0.6 is 0 Å². The Morgan fingerprint density at radius 1 is 1.56 bits per heavy atom. The fraction of sp³-hybridized carbons (Fsp3) is 0.786. The van der Waals surface area contributed by atoms with E-state index in [0.717, 1.165) is 12.8 Å². The van der Waals surface area contributed by atoms with Crippen LogP contribution in [0, 0.1) is 11.3 Å². The van der Waals surface area contributed by atoms with Gasteiger partial charge in [-0.2, -0.15) is 0 Å². The van der Waals surface area contributed by atoms with Gasteiger partial charge in [-0.1, -0.05) is 13.8 Å². The van der Waals surface area contributed by atoms with E-state index in [0.29, 0.717) is 23.5 Å². The van der Waals surface area contributed by atoms with E-state index < -0.39 is 0 Å². The Morgan fingerprint density at radius 3 is 2.81 bits per heavy atom. The van der Waals surface area contributed by atoms with Crippen molar-refractivity contribution in [2.75, 3.05) is 7.11 Å². The Bertz CT molecular complexity index is 276. The van der Waals surface area contributed by atoms with Gasteiger partial charge in [-0.25, -0.2) is 0 Å². The van der Waals surface area contributed by atoms with Crippen molar-refractivity contribution in [3.63, 3.8) is 0 Å². The van der Waals surface area contributed by atoms with Crippen LogP contribution < -0.4 is 0 Å². The van der Waals surface area contributed by atoms with Crippen LogP contribution in [0.15, 0.2) is 11.8 Å². The number of allylic oxidation sites excluding steroid dienone is 1. The maximum atomic E-state index is 11.1. The maximum absolute atomic E-state index is 11.1. The summed E-state index contributed by atoms with van der Waals surface area (Å²) in [5.41, 5.74) is 1.80. The van der Waals surface area contributed by atoms with Gasteiger partial charge in [-0.15, -0.1) is 0 Å². The highest BCUT2D eigenvalue weighted by Gasteiger charge is 2.31. The third kappa shape index (κ3) is 3.99. The molecule has 1 rings (SSSR count). The van der Waals surface area contributed by atoms with Crippen molar-refractivity contribution in [1.29, 1.82) is 0 Å². The number of rotatable bonds is 4. The van der Waals surface area contributed by atoms with Crippen LogP contribution in [-0.2, 0) is 9.53 Å². The summed E-state index contributed by atoms with van der Waals surface area (Å²) in [6.07, 6.45) is 7.08. The summed E-state index contributed by atoms with van der Waals surface area (Å²) in [6, 6.07) is 0. The van der Waals surface area contributed by atoms with Crippen molar-refractivity contribution in [1.82, 2.24) is 0 Å². The van der Waals surface area contributed by atoms with E-state index in [1.54, 1.807) is 14.0 Å². The van der Waals surface area contributed by atoms with Crippen LogP contribution in [0.25, 0.3) is 0 Å². The molecule has 0 bridgehead atoms. The lowest BCUT2D eigenvalue weighted by Gasteiger charge is -2.37. The van der Waals surface area contributed by atoms with Gasteiger partial charge < -0.3 is 9.53 Å². The fourth-order valence-electron chi connectivity index (χ4n) is 2.56. The van der Waals surface area contributed by atoms with Gasteiger partial charge in [0, 0.05) is 6.42 Å². The number of methoxy groups -OCH3 is 1. The number of ether oxygens (including phenoxy) is 1. The van der Waals surface area contributed by atoms with Crippen molar-refractivity contribution >= 4 is 5.78 Å². The van der Waals surface area contributed by atoms with Gasteiger partial charge in [-0.3, -0.25) is 0 Å². The molecule has 0 radical (unpaired) electrons. The predicted molar refractivity (Wildman–Crippen MR) is 66.1 cm³/mol. The van der Waals surface area contributed by atoms with E-state index in [-0.39, 0.29) is 0 Å². The second kappa shape index (κ2) is 5.51. The van der Waals surface area contributed by atoms with Gasteiger partial charge >= 0.3 is 0 Å². The molecule has 0 aromatic carbocycles. The second-order valence-electron chi connectivity index (χ2n) is 5.73. The minimum atomic E-state index is 0.292. The summed E-state index contributed by atoms with van der Waals surface area (Å²) >= 11 is 0. The Balaban J connectivity index is 2.64. The normalized spacial score (nSPS) is 26.8. The molecular weight excluding hydrogens is 200 g/mol. The molecule has 0 saturated heterocycles. The standard InChI is InChI=1S/C14H24O2/c1-11(15)5-6-12-9-14(2,3)8-7-13(12)10-16-4/h10,12H,5-9H2,1-4H3/b13-10+/t12-/m1/s1. The Morgan fingerprint density at radius 2 is 2.25 bits per heavy atom. The lowest BCUT2D eigenvalue weighted by atomic mass is 9.69. The molecule has 0 aromatic heterocycles. The zero-order valence-corrected chi connectivity index (χ0v) is 11.0. The SMILES string of the molecule is CO/C=C1\CCC(C)(C)C[C@H]1CCC(C)=O. The minimum absolute atomic E-state index is 0.292. The summed E-state index contributed by atoms with van der Waals surface area (Å²) in [6.45, 7) is 6.31. The molecule has 0 heterocycles. The van der Waals surface area contributed by atoms with E-state index >= 15 is 0 Å². The molecule has 0 N–H and O–H groups in total. The first-order valence-corrected chi connectivity index (χ1v) is 6.16. The average Bonchev–Trinajstić information content (AvgIpc) is 2.18. The van der Waals surface area contributed by atoms with Crippen LogP contribution in [0.4, 0.5) is 0 Å². The third-order valence-electron chi connectivity index (χ3n) is 3.53. The van der Waals surface area contributed by atoms with Gasteiger partial charge in [0.1, 0.15) is 5.78 Å². The molecule has 1 fully saturated rings. The van der Waals surface area contributed by atoms with Crippen molar-refractivity contribution < 1.29 is 9.53 Å².